The molecule has 0 aliphatic rings. The third kappa shape index (κ3) is 5.72. The van der Waals surface area contributed by atoms with Gasteiger partial charge in [-0.3, -0.25) is 9.36 Å². The maximum atomic E-state index is 12.5. The first-order chi connectivity index (χ1) is 16.2. The highest BCUT2D eigenvalue weighted by Gasteiger charge is 2.14. The number of anilines is 1. The summed E-state index contributed by atoms with van der Waals surface area (Å²) in [4.78, 5) is 12.5. The maximum Gasteiger partial charge on any atom is 0.234 e. The SMILES string of the molecule is C=CCn1c(COc2ccc(OC)cc2)nnc1SCC(=O)Nc1ccc2ccccc2c1. The van der Waals surface area contributed by atoms with E-state index < -0.39 is 0 Å². The van der Waals surface area contributed by atoms with E-state index >= 15 is 0 Å². The van der Waals surface area contributed by atoms with Crippen LogP contribution in [-0.4, -0.2) is 33.5 Å². The maximum absolute atomic E-state index is 12.5. The van der Waals surface area contributed by atoms with E-state index in [2.05, 4.69) is 22.1 Å². The van der Waals surface area contributed by atoms with Crippen LogP contribution in [0.15, 0.2) is 84.5 Å². The van der Waals surface area contributed by atoms with E-state index in [1.165, 1.54) is 11.8 Å². The summed E-state index contributed by atoms with van der Waals surface area (Å²) in [5, 5.41) is 14.3. The molecule has 1 N–H and O–H groups in total. The fourth-order valence-electron chi connectivity index (χ4n) is 3.26. The summed E-state index contributed by atoms with van der Waals surface area (Å²) in [6, 6.07) is 21.2. The van der Waals surface area contributed by atoms with E-state index in [0.717, 1.165) is 22.2 Å². The molecule has 0 bridgehead atoms. The number of nitrogens with zero attached hydrogens (tertiary/aromatic N) is 3. The van der Waals surface area contributed by atoms with Gasteiger partial charge in [-0.2, -0.15) is 0 Å². The Kier molecular flexibility index (Phi) is 7.26. The fraction of sp³-hybridized carbons (Fsp3) is 0.160. The third-order valence-corrected chi connectivity index (χ3v) is 5.86. The van der Waals surface area contributed by atoms with Crippen LogP contribution >= 0.6 is 11.8 Å². The predicted octanol–water partition coefficient (Wildman–Crippen LogP) is 4.94. The summed E-state index contributed by atoms with van der Waals surface area (Å²) < 4.78 is 12.9. The topological polar surface area (TPSA) is 78.3 Å². The quantitative estimate of drug-likeness (QED) is 0.267. The van der Waals surface area contributed by atoms with E-state index in [9.17, 15) is 4.79 Å². The Hall–Kier alpha value is -3.78. The molecule has 33 heavy (non-hydrogen) atoms. The molecule has 4 aromatic rings. The van der Waals surface area contributed by atoms with Crippen molar-refractivity contribution in [3.8, 4) is 11.5 Å². The van der Waals surface area contributed by atoms with E-state index in [4.69, 9.17) is 9.47 Å². The number of hydrogen-bond donors (Lipinski definition) is 1. The van der Waals surface area contributed by atoms with Gasteiger partial charge in [0.05, 0.1) is 12.9 Å². The molecule has 1 aromatic heterocycles. The summed E-state index contributed by atoms with van der Waals surface area (Å²) in [5.74, 6) is 2.22. The lowest BCUT2D eigenvalue weighted by atomic mass is 10.1. The van der Waals surface area contributed by atoms with Crippen LogP contribution in [0, 0.1) is 0 Å². The zero-order chi connectivity index (χ0) is 23.0. The number of allylic oxidation sites excluding steroid dienone is 1. The molecule has 1 amide bonds. The van der Waals surface area contributed by atoms with Crippen LogP contribution in [-0.2, 0) is 17.9 Å². The van der Waals surface area contributed by atoms with Gasteiger partial charge in [0.2, 0.25) is 5.91 Å². The Bertz CT molecular complexity index is 1250. The molecular formula is C25H24N4O3S. The number of benzene rings is 3. The van der Waals surface area contributed by atoms with E-state index in [-0.39, 0.29) is 18.3 Å². The van der Waals surface area contributed by atoms with Crippen molar-refractivity contribution in [2.45, 2.75) is 18.3 Å². The van der Waals surface area contributed by atoms with E-state index in [0.29, 0.717) is 23.3 Å². The standard InChI is InChI=1S/C25H24N4O3S/c1-3-14-29-23(16-32-22-12-10-21(31-2)11-13-22)27-28-25(29)33-17-24(30)26-20-9-8-18-6-4-5-7-19(18)15-20/h3-13,15H,1,14,16-17H2,2H3,(H,26,30). The molecule has 0 unspecified atom stereocenters. The van der Waals surface area contributed by atoms with Gasteiger partial charge in [0.15, 0.2) is 11.0 Å². The van der Waals surface area contributed by atoms with Gasteiger partial charge in [-0.05, 0) is 47.2 Å². The monoisotopic (exact) mass is 460 g/mol. The van der Waals surface area contributed by atoms with Crippen molar-refractivity contribution in [1.82, 2.24) is 14.8 Å². The van der Waals surface area contributed by atoms with Crippen molar-refractivity contribution in [3.63, 3.8) is 0 Å². The number of amides is 1. The van der Waals surface area contributed by atoms with Crippen molar-refractivity contribution in [1.29, 1.82) is 0 Å². The number of carbonyl (C=O) groups excluding carboxylic acids is 1. The second-order valence-corrected chi connectivity index (χ2v) is 8.10. The molecule has 0 saturated carbocycles. The lowest BCUT2D eigenvalue weighted by Gasteiger charge is -2.10. The Morgan fingerprint density at radius 3 is 2.58 bits per heavy atom. The smallest absolute Gasteiger partial charge is 0.234 e. The van der Waals surface area contributed by atoms with Crippen molar-refractivity contribution in [2.24, 2.45) is 0 Å². The zero-order valence-electron chi connectivity index (χ0n) is 18.2. The molecule has 0 saturated heterocycles. The highest BCUT2D eigenvalue weighted by molar-refractivity contribution is 7.99. The predicted molar refractivity (Wildman–Crippen MR) is 131 cm³/mol. The number of hydrogen-bond acceptors (Lipinski definition) is 6. The van der Waals surface area contributed by atoms with Crippen molar-refractivity contribution < 1.29 is 14.3 Å². The number of carbonyl (C=O) groups is 1. The second-order valence-electron chi connectivity index (χ2n) is 7.16. The second kappa shape index (κ2) is 10.7. The molecule has 0 spiro atoms. The van der Waals surface area contributed by atoms with Gasteiger partial charge in [0.25, 0.3) is 0 Å². The summed E-state index contributed by atoms with van der Waals surface area (Å²) in [6.07, 6.45) is 1.76. The van der Waals surface area contributed by atoms with Gasteiger partial charge >= 0.3 is 0 Å². The van der Waals surface area contributed by atoms with Crippen LogP contribution in [0.4, 0.5) is 5.69 Å². The first-order valence-corrected chi connectivity index (χ1v) is 11.4. The van der Waals surface area contributed by atoms with Crippen LogP contribution in [0.25, 0.3) is 10.8 Å². The molecule has 0 fully saturated rings. The third-order valence-electron chi connectivity index (χ3n) is 4.90. The highest BCUT2D eigenvalue weighted by Crippen LogP contribution is 2.22. The van der Waals surface area contributed by atoms with E-state index in [1.54, 1.807) is 13.2 Å². The number of rotatable bonds is 10. The van der Waals surface area contributed by atoms with Gasteiger partial charge < -0.3 is 14.8 Å². The van der Waals surface area contributed by atoms with Gasteiger partial charge in [-0.15, -0.1) is 16.8 Å². The van der Waals surface area contributed by atoms with Gasteiger partial charge in [0.1, 0.15) is 18.1 Å². The van der Waals surface area contributed by atoms with Crippen LogP contribution < -0.4 is 14.8 Å². The number of aromatic nitrogens is 3. The number of thioether (sulfide) groups is 1. The molecule has 3 aromatic carbocycles. The summed E-state index contributed by atoms with van der Waals surface area (Å²) in [7, 11) is 1.62. The molecule has 7 nitrogen and oxygen atoms in total. The van der Waals surface area contributed by atoms with Gasteiger partial charge in [-0.25, -0.2) is 0 Å². The Morgan fingerprint density at radius 2 is 1.82 bits per heavy atom. The first kappa shape index (κ1) is 22.4. The zero-order valence-corrected chi connectivity index (χ0v) is 19.0. The van der Waals surface area contributed by atoms with Crippen LogP contribution in [0.3, 0.4) is 0 Å². The lowest BCUT2D eigenvalue weighted by molar-refractivity contribution is -0.113. The van der Waals surface area contributed by atoms with Crippen molar-refractivity contribution in [2.75, 3.05) is 18.2 Å². The average molecular weight is 461 g/mol. The molecule has 4 rings (SSSR count). The molecule has 1 heterocycles. The van der Waals surface area contributed by atoms with Crippen LogP contribution in [0.2, 0.25) is 0 Å². The normalized spacial score (nSPS) is 10.7. The molecule has 8 heteroatoms. The molecule has 0 aliphatic carbocycles. The van der Waals surface area contributed by atoms with Crippen LogP contribution in [0.5, 0.6) is 11.5 Å². The minimum atomic E-state index is -0.112. The summed E-state index contributed by atoms with van der Waals surface area (Å²) in [6.45, 7) is 4.58. The van der Waals surface area contributed by atoms with Crippen molar-refractivity contribution >= 4 is 34.1 Å². The van der Waals surface area contributed by atoms with Crippen LogP contribution in [0.1, 0.15) is 5.82 Å². The highest BCUT2D eigenvalue weighted by atomic mass is 32.2. The minimum absolute atomic E-state index is 0.112. The molecule has 0 atom stereocenters. The van der Waals surface area contributed by atoms with E-state index in [1.807, 2.05) is 71.3 Å². The molecule has 0 aliphatic heterocycles. The van der Waals surface area contributed by atoms with Gasteiger partial charge in [-0.1, -0.05) is 48.2 Å². The van der Waals surface area contributed by atoms with Crippen molar-refractivity contribution in [3.05, 3.63) is 85.2 Å². The lowest BCUT2D eigenvalue weighted by Crippen LogP contribution is -2.15. The van der Waals surface area contributed by atoms with Gasteiger partial charge in [0, 0.05) is 12.2 Å². The molecular weight excluding hydrogens is 436 g/mol. The molecule has 0 radical (unpaired) electrons. The number of nitrogens with one attached hydrogen (secondary N) is 1. The summed E-state index contributed by atoms with van der Waals surface area (Å²) >= 11 is 1.32. The number of fused-ring (bicyclic) bond motifs is 1. The Morgan fingerprint density at radius 1 is 1.06 bits per heavy atom. The number of methoxy groups -OCH3 is 1. The molecule has 168 valence electrons. The minimum Gasteiger partial charge on any atom is -0.497 e. The number of ether oxygens (including phenoxy) is 2. The Labute approximate surface area is 196 Å². The Balaban J connectivity index is 1.36. The largest absolute Gasteiger partial charge is 0.497 e. The summed E-state index contributed by atoms with van der Waals surface area (Å²) in [5.41, 5.74) is 0.764. The first-order valence-electron chi connectivity index (χ1n) is 10.4. The average Bonchev–Trinajstić information content (AvgIpc) is 3.23. The fourth-order valence-corrected chi connectivity index (χ4v) is 4.03.